The van der Waals surface area contributed by atoms with Gasteiger partial charge >= 0.3 is 0 Å². The summed E-state index contributed by atoms with van der Waals surface area (Å²) < 4.78 is 5.17. The first-order valence-corrected chi connectivity index (χ1v) is 4.94. The van der Waals surface area contributed by atoms with Crippen molar-refractivity contribution in [2.45, 2.75) is 26.9 Å². The number of hydrogen-bond donors (Lipinski definition) is 0. The molecule has 0 aliphatic rings. The monoisotopic (exact) mass is 227 g/mol. The average molecular weight is 228 g/mol. The second kappa shape index (κ2) is 4.53. The van der Waals surface area contributed by atoms with Gasteiger partial charge in [-0.25, -0.2) is 0 Å². The first-order chi connectivity index (χ1) is 6.91. The van der Waals surface area contributed by atoms with Crippen LogP contribution in [0.3, 0.4) is 0 Å². The summed E-state index contributed by atoms with van der Waals surface area (Å²) in [5.74, 6) is -0.744. The lowest BCUT2D eigenvalue weighted by atomic mass is 10.1. The highest BCUT2D eigenvalue weighted by Crippen LogP contribution is 2.26. The molecule has 0 bridgehead atoms. The molecule has 0 saturated carbocycles. The SMILES string of the molecule is Cc1cc(O[C@H](C)C(=O)[O-])cc(C)c1Cl. The lowest BCUT2D eigenvalue weighted by molar-refractivity contribution is -0.312. The molecule has 1 aromatic rings. The number of carbonyl (C=O) groups is 1. The number of carboxylic acid groups (broad SMARTS) is 1. The van der Waals surface area contributed by atoms with E-state index in [1.165, 1.54) is 6.92 Å². The minimum atomic E-state index is -1.24. The fourth-order valence-corrected chi connectivity index (χ4v) is 1.34. The van der Waals surface area contributed by atoms with E-state index in [4.69, 9.17) is 16.3 Å². The molecule has 1 rings (SSSR count). The van der Waals surface area contributed by atoms with E-state index in [2.05, 4.69) is 0 Å². The highest BCUT2D eigenvalue weighted by Gasteiger charge is 2.07. The van der Waals surface area contributed by atoms with Gasteiger partial charge in [0.1, 0.15) is 11.9 Å². The normalized spacial score (nSPS) is 12.3. The fourth-order valence-electron chi connectivity index (χ4n) is 1.23. The Morgan fingerprint density at radius 2 is 1.87 bits per heavy atom. The topological polar surface area (TPSA) is 49.4 Å². The summed E-state index contributed by atoms with van der Waals surface area (Å²) in [6.07, 6.45) is -0.968. The molecule has 82 valence electrons. The van der Waals surface area contributed by atoms with E-state index >= 15 is 0 Å². The molecule has 0 radical (unpaired) electrons. The molecule has 0 unspecified atom stereocenters. The fraction of sp³-hybridized carbons (Fsp3) is 0.364. The maximum Gasteiger partial charge on any atom is 0.135 e. The summed E-state index contributed by atoms with van der Waals surface area (Å²) in [5.41, 5.74) is 1.72. The summed E-state index contributed by atoms with van der Waals surface area (Å²) in [4.78, 5) is 10.5. The van der Waals surface area contributed by atoms with Crippen LogP contribution in [0.2, 0.25) is 5.02 Å². The number of rotatable bonds is 3. The number of aliphatic carboxylic acids is 1. The van der Waals surface area contributed by atoms with E-state index in [-0.39, 0.29) is 0 Å². The van der Waals surface area contributed by atoms with E-state index in [0.717, 1.165) is 11.1 Å². The zero-order valence-corrected chi connectivity index (χ0v) is 9.59. The van der Waals surface area contributed by atoms with Gasteiger partial charge in [0.15, 0.2) is 0 Å². The lowest BCUT2D eigenvalue weighted by Crippen LogP contribution is -2.37. The molecule has 0 spiro atoms. The Morgan fingerprint density at radius 3 is 2.27 bits per heavy atom. The van der Waals surface area contributed by atoms with Crippen molar-refractivity contribution in [3.63, 3.8) is 0 Å². The Bertz CT molecular complexity index is 364. The number of halogens is 1. The molecule has 1 atom stereocenters. The molecule has 3 nitrogen and oxygen atoms in total. The van der Waals surface area contributed by atoms with Crippen molar-refractivity contribution in [2.24, 2.45) is 0 Å². The predicted molar refractivity (Wildman–Crippen MR) is 56.0 cm³/mol. The second-order valence-electron chi connectivity index (χ2n) is 3.45. The minimum absolute atomic E-state index is 0.492. The highest BCUT2D eigenvalue weighted by atomic mass is 35.5. The van der Waals surface area contributed by atoms with E-state index in [0.29, 0.717) is 10.8 Å². The molecule has 0 fully saturated rings. The van der Waals surface area contributed by atoms with Gasteiger partial charge in [-0.1, -0.05) is 11.6 Å². The van der Waals surface area contributed by atoms with Crippen LogP contribution in [0.4, 0.5) is 0 Å². The third-order valence-corrected chi connectivity index (χ3v) is 2.65. The van der Waals surface area contributed by atoms with Crippen molar-refractivity contribution in [2.75, 3.05) is 0 Å². The number of carboxylic acids is 1. The molecule has 0 saturated heterocycles. The zero-order valence-electron chi connectivity index (χ0n) is 8.83. The third kappa shape index (κ3) is 2.86. The smallest absolute Gasteiger partial charge is 0.135 e. The molecule has 0 N–H and O–H groups in total. The van der Waals surface area contributed by atoms with Crippen LogP contribution in [0.25, 0.3) is 0 Å². The Kier molecular flexibility index (Phi) is 3.58. The molecule has 4 heteroatoms. The van der Waals surface area contributed by atoms with Crippen LogP contribution in [-0.2, 0) is 4.79 Å². The summed E-state index contributed by atoms with van der Waals surface area (Å²) in [6.45, 7) is 5.10. The maximum absolute atomic E-state index is 10.5. The van der Waals surface area contributed by atoms with Crippen LogP contribution in [0.1, 0.15) is 18.1 Å². The van der Waals surface area contributed by atoms with Gasteiger partial charge < -0.3 is 14.6 Å². The van der Waals surface area contributed by atoms with Crippen molar-refractivity contribution in [3.8, 4) is 5.75 Å². The summed E-state index contributed by atoms with van der Waals surface area (Å²) in [5, 5.41) is 11.1. The Labute approximate surface area is 93.6 Å². The average Bonchev–Trinajstić information content (AvgIpc) is 2.13. The van der Waals surface area contributed by atoms with Crippen molar-refractivity contribution in [3.05, 3.63) is 28.3 Å². The van der Waals surface area contributed by atoms with Crippen molar-refractivity contribution < 1.29 is 14.6 Å². The zero-order chi connectivity index (χ0) is 11.6. The Morgan fingerprint density at radius 1 is 1.40 bits per heavy atom. The lowest BCUT2D eigenvalue weighted by Gasteiger charge is -2.16. The van der Waals surface area contributed by atoms with Crippen LogP contribution in [0.15, 0.2) is 12.1 Å². The van der Waals surface area contributed by atoms with E-state index in [1.807, 2.05) is 13.8 Å². The number of hydrogen-bond acceptors (Lipinski definition) is 3. The minimum Gasteiger partial charge on any atom is -0.546 e. The van der Waals surface area contributed by atoms with Gasteiger partial charge in [-0.15, -0.1) is 0 Å². The molecule has 0 heterocycles. The van der Waals surface area contributed by atoms with E-state index < -0.39 is 12.1 Å². The van der Waals surface area contributed by atoms with Crippen LogP contribution in [0, 0.1) is 13.8 Å². The molecule has 1 aromatic carbocycles. The molecular formula is C11H12ClO3-. The standard InChI is InChI=1S/C11H13ClO3/c1-6-4-9(5-7(2)10(6)12)15-8(3)11(13)14/h4-5,8H,1-3H3,(H,13,14)/p-1/t8-/m1/s1. The van der Waals surface area contributed by atoms with Gasteiger partial charge in [0.2, 0.25) is 0 Å². The van der Waals surface area contributed by atoms with Gasteiger partial charge in [-0.05, 0) is 44.0 Å². The van der Waals surface area contributed by atoms with Crippen LogP contribution in [0.5, 0.6) is 5.75 Å². The van der Waals surface area contributed by atoms with Gasteiger partial charge in [-0.3, -0.25) is 0 Å². The van der Waals surface area contributed by atoms with Crippen molar-refractivity contribution >= 4 is 17.6 Å². The molecule has 0 aromatic heterocycles. The maximum atomic E-state index is 10.5. The van der Waals surface area contributed by atoms with Gasteiger partial charge in [0.05, 0.1) is 5.97 Å². The van der Waals surface area contributed by atoms with Gasteiger partial charge in [-0.2, -0.15) is 0 Å². The van der Waals surface area contributed by atoms with Crippen LogP contribution >= 0.6 is 11.6 Å². The van der Waals surface area contributed by atoms with Crippen molar-refractivity contribution in [1.82, 2.24) is 0 Å². The molecular weight excluding hydrogens is 216 g/mol. The predicted octanol–water partition coefficient (Wildman–Crippen LogP) is 1.47. The third-order valence-electron chi connectivity index (χ3n) is 2.05. The second-order valence-corrected chi connectivity index (χ2v) is 3.83. The molecule has 0 aliphatic heterocycles. The molecule has 0 aliphatic carbocycles. The number of carbonyl (C=O) groups excluding carboxylic acids is 1. The summed E-state index contributed by atoms with van der Waals surface area (Å²) in [6, 6.07) is 3.41. The van der Waals surface area contributed by atoms with Gasteiger partial charge in [0, 0.05) is 5.02 Å². The van der Waals surface area contributed by atoms with E-state index in [1.54, 1.807) is 12.1 Å². The Balaban J connectivity index is 2.92. The van der Waals surface area contributed by atoms with E-state index in [9.17, 15) is 9.90 Å². The number of ether oxygens (including phenoxy) is 1. The Hall–Kier alpha value is -1.22. The van der Waals surface area contributed by atoms with Gasteiger partial charge in [0.25, 0.3) is 0 Å². The number of benzene rings is 1. The molecule has 15 heavy (non-hydrogen) atoms. The van der Waals surface area contributed by atoms with Crippen LogP contribution in [-0.4, -0.2) is 12.1 Å². The summed E-state index contributed by atoms with van der Waals surface area (Å²) in [7, 11) is 0. The highest BCUT2D eigenvalue weighted by molar-refractivity contribution is 6.32. The molecule has 0 amide bonds. The summed E-state index contributed by atoms with van der Waals surface area (Å²) >= 11 is 5.96. The quantitative estimate of drug-likeness (QED) is 0.786. The first kappa shape index (κ1) is 11.9. The number of aryl methyl sites for hydroxylation is 2. The largest absolute Gasteiger partial charge is 0.546 e. The van der Waals surface area contributed by atoms with Crippen molar-refractivity contribution in [1.29, 1.82) is 0 Å². The van der Waals surface area contributed by atoms with Crippen LogP contribution < -0.4 is 9.84 Å². The first-order valence-electron chi connectivity index (χ1n) is 4.56.